The van der Waals surface area contributed by atoms with E-state index in [2.05, 4.69) is 230 Å². The first-order valence-electron chi connectivity index (χ1n) is 21.4. The number of rotatable bonds is 6. The largest absolute Gasteiger partial charge is 0.310 e. The molecular formula is C59H40N2. The van der Waals surface area contributed by atoms with Crippen LogP contribution in [-0.2, 0) is 5.41 Å². The summed E-state index contributed by atoms with van der Waals surface area (Å²) >= 11 is 0. The van der Waals surface area contributed by atoms with Crippen LogP contribution in [0.1, 0.15) is 25.0 Å². The Bertz CT molecular complexity index is 3220. The molecule has 0 amide bonds. The molecule has 0 radical (unpaired) electrons. The molecule has 61 heavy (non-hydrogen) atoms. The Morgan fingerprint density at radius 2 is 0.689 bits per heavy atom. The summed E-state index contributed by atoms with van der Waals surface area (Å²) in [6.45, 7) is 4.81. The first kappa shape index (κ1) is 34.2. The zero-order chi connectivity index (χ0) is 40.4. The highest BCUT2D eigenvalue weighted by Gasteiger charge is 2.38. The second-order valence-electron chi connectivity index (χ2n) is 17.2. The van der Waals surface area contributed by atoms with Crippen molar-refractivity contribution in [2.75, 3.05) is 9.80 Å². The number of anilines is 6. The van der Waals surface area contributed by atoms with Crippen LogP contribution in [0, 0.1) is 0 Å². The Labute approximate surface area is 356 Å². The van der Waals surface area contributed by atoms with Crippen LogP contribution in [0.4, 0.5) is 34.1 Å². The van der Waals surface area contributed by atoms with Crippen molar-refractivity contribution in [3.05, 3.63) is 217 Å². The molecule has 0 spiro atoms. The molecule has 0 N–H and O–H groups in total. The fourth-order valence-electron chi connectivity index (χ4n) is 11.0. The third kappa shape index (κ3) is 4.79. The van der Waals surface area contributed by atoms with Gasteiger partial charge in [-0.15, -0.1) is 0 Å². The number of nitrogens with zero attached hydrogens (tertiary/aromatic N) is 2. The maximum atomic E-state index is 2.48. The molecule has 0 saturated carbocycles. The predicted octanol–water partition coefficient (Wildman–Crippen LogP) is 16.5. The van der Waals surface area contributed by atoms with E-state index in [-0.39, 0.29) is 5.41 Å². The summed E-state index contributed by atoms with van der Waals surface area (Å²) in [6.07, 6.45) is 0. The normalized spacial score (nSPS) is 13.2. The fourth-order valence-corrected chi connectivity index (χ4v) is 11.0. The third-order valence-corrected chi connectivity index (χ3v) is 13.7. The third-order valence-electron chi connectivity index (χ3n) is 13.7. The highest BCUT2D eigenvalue weighted by Crippen LogP contribution is 2.57. The average Bonchev–Trinajstić information content (AvgIpc) is 3.91. The van der Waals surface area contributed by atoms with E-state index in [1.807, 2.05) is 0 Å². The highest BCUT2D eigenvalue weighted by atomic mass is 15.2. The van der Waals surface area contributed by atoms with Crippen molar-refractivity contribution in [1.29, 1.82) is 0 Å². The lowest BCUT2D eigenvalue weighted by molar-refractivity contribution is 0.660. The molecule has 0 atom stereocenters. The van der Waals surface area contributed by atoms with Gasteiger partial charge in [0.1, 0.15) is 0 Å². The summed E-state index contributed by atoms with van der Waals surface area (Å²) in [7, 11) is 0. The molecule has 0 saturated heterocycles. The lowest BCUT2D eigenvalue weighted by atomic mass is 9.82. The number of hydrogen-bond donors (Lipinski definition) is 0. The standard InChI is InChI=1S/C59H40N2/c1-59(2)51-35-41(60(39-17-5-3-6-18-39)53-33-27-37-15-13-25-47-43-21-9-11-23-49(43)57(53)55(37)47)29-31-45(51)46-32-30-42(36-52(46)59)61(40-19-7-4-8-20-40)54-34-28-38-16-14-26-48-44-22-10-12-24-50(44)58(54)56(38)48/h3-36H,1-2H3. The Hall–Kier alpha value is -7.68. The van der Waals surface area contributed by atoms with Gasteiger partial charge in [0, 0.05) is 39.3 Å². The number of benzene rings is 10. The van der Waals surface area contributed by atoms with Crippen molar-refractivity contribution in [2.45, 2.75) is 19.3 Å². The smallest absolute Gasteiger partial charge is 0.0546 e. The fraction of sp³-hybridized carbons (Fsp3) is 0.0508. The molecule has 3 aliphatic rings. The van der Waals surface area contributed by atoms with Crippen molar-refractivity contribution in [3.8, 4) is 55.6 Å². The van der Waals surface area contributed by atoms with E-state index >= 15 is 0 Å². The van der Waals surface area contributed by atoms with Gasteiger partial charge >= 0.3 is 0 Å². The SMILES string of the molecule is CC1(C)c2cc(N(c3ccccc3)c3ccc4cccc5c4c3-c3ccccc3-5)ccc2-c2ccc(N(c3ccccc3)c3ccc4cccc5c4c3-c3ccccc3-5)cc21. The Morgan fingerprint density at radius 3 is 1.13 bits per heavy atom. The second-order valence-corrected chi connectivity index (χ2v) is 17.2. The van der Waals surface area contributed by atoms with Crippen LogP contribution < -0.4 is 9.80 Å². The molecule has 0 aliphatic heterocycles. The summed E-state index contributed by atoms with van der Waals surface area (Å²) in [5.74, 6) is 0. The minimum Gasteiger partial charge on any atom is -0.310 e. The van der Waals surface area contributed by atoms with Gasteiger partial charge in [0.2, 0.25) is 0 Å². The van der Waals surface area contributed by atoms with E-state index in [1.165, 1.54) is 99.7 Å². The van der Waals surface area contributed by atoms with Crippen LogP contribution in [0.2, 0.25) is 0 Å². The van der Waals surface area contributed by atoms with Gasteiger partial charge in [-0.05, 0) is 138 Å². The van der Waals surface area contributed by atoms with E-state index in [1.54, 1.807) is 0 Å². The zero-order valence-electron chi connectivity index (χ0n) is 34.0. The van der Waals surface area contributed by atoms with E-state index in [0.717, 1.165) is 22.7 Å². The van der Waals surface area contributed by atoms with Crippen molar-refractivity contribution >= 4 is 55.7 Å². The molecular weight excluding hydrogens is 737 g/mol. The average molecular weight is 777 g/mol. The highest BCUT2D eigenvalue weighted by molar-refractivity contribution is 6.21. The quantitative estimate of drug-likeness (QED) is 0.166. The van der Waals surface area contributed by atoms with Gasteiger partial charge in [0.25, 0.3) is 0 Å². The molecule has 0 fully saturated rings. The van der Waals surface area contributed by atoms with Gasteiger partial charge in [0.05, 0.1) is 11.4 Å². The first-order chi connectivity index (χ1) is 30.0. The summed E-state index contributed by atoms with van der Waals surface area (Å²) in [6, 6.07) is 76.6. The lowest BCUT2D eigenvalue weighted by Gasteiger charge is -2.30. The minimum atomic E-state index is -0.263. The molecule has 13 rings (SSSR count). The molecule has 286 valence electrons. The van der Waals surface area contributed by atoms with Crippen molar-refractivity contribution in [1.82, 2.24) is 0 Å². The van der Waals surface area contributed by atoms with Gasteiger partial charge in [-0.25, -0.2) is 0 Å². The summed E-state index contributed by atoms with van der Waals surface area (Å²) < 4.78 is 0. The molecule has 0 heterocycles. The number of fused-ring (bicyclic) bond motifs is 9. The van der Waals surface area contributed by atoms with Gasteiger partial charge in [-0.3, -0.25) is 0 Å². The van der Waals surface area contributed by atoms with Crippen molar-refractivity contribution in [3.63, 3.8) is 0 Å². The minimum absolute atomic E-state index is 0.263. The summed E-state index contributed by atoms with van der Waals surface area (Å²) in [4.78, 5) is 4.95. The molecule has 3 aliphatic carbocycles. The second kappa shape index (κ2) is 12.7. The Balaban J connectivity index is 0.974. The molecule has 0 aromatic heterocycles. The predicted molar refractivity (Wildman–Crippen MR) is 257 cm³/mol. The van der Waals surface area contributed by atoms with Crippen LogP contribution in [0.15, 0.2) is 206 Å². The Morgan fingerprint density at radius 1 is 0.295 bits per heavy atom. The number of para-hydroxylation sites is 2. The monoisotopic (exact) mass is 776 g/mol. The zero-order valence-corrected chi connectivity index (χ0v) is 34.0. The molecule has 2 heteroatoms. The number of hydrogen-bond acceptors (Lipinski definition) is 2. The molecule has 10 aromatic rings. The van der Waals surface area contributed by atoms with E-state index in [0.29, 0.717) is 0 Å². The van der Waals surface area contributed by atoms with Crippen LogP contribution in [0.25, 0.3) is 77.2 Å². The molecule has 2 nitrogen and oxygen atoms in total. The van der Waals surface area contributed by atoms with Gasteiger partial charge in [-0.2, -0.15) is 0 Å². The van der Waals surface area contributed by atoms with Crippen LogP contribution >= 0.6 is 0 Å². The summed E-state index contributed by atoms with van der Waals surface area (Å²) in [5.41, 5.74) is 22.4. The van der Waals surface area contributed by atoms with Crippen LogP contribution in [-0.4, -0.2) is 0 Å². The van der Waals surface area contributed by atoms with E-state index < -0.39 is 0 Å². The van der Waals surface area contributed by atoms with Crippen molar-refractivity contribution < 1.29 is 0 Å². The van der Waals surface area contributed by atoms with Gasteiger partial charge in [0.15, 0.2) is 0 Å². The van der Waals surface area contributed by atoms with E-state index in [9.17, 15) is 0 Å². The topological polar surface area (TPSA) is 6.48 Å². The van der Waals surface area contributed by atoms with Crippen LogP contribution in [0.3, 0.4) is 0 Å². The van der Waals surface area contributed by atoms with E-state index in [4.69, 9.17) is 0 Å². The van der Waals surface area contributed by atoms with Crippen LogP contribution in [0.5, 0.6) is 0 Å². The molecule has 10 aromatic carbocycles. The molecule has 0 unspecified atom stereocenters. The lowest BCUT2D eigenvalue weighted by Crippen LogP contribution is -2.18. The molecule has 0 bridgehead atoms. The maximum absolute atomic E-state index is 2.48. The van der Waals surface area contributed by atoms with Crippen molar-refractivity contribution in [2.24, 2.45) is 0 Å². The Kier molecular flexibility index (Phi) is 7.10. The first-order valence-corrected chi connectivity index (χ1v) is 21.4. The van der Waals surface area contributed by atoms with Gasteiger partial charge < -0.3 is 9.80 Å². The maximum Gasteiger partial charge on any atom is 0.0546 e. The van der Waals surface area contributed by atoms with Gasteiger partial charge in [-0.1, -0.05) is 159 Å². The summed E-state index contributed by atoms with van der Waals surface area (Å²) in [5, 5.41) is 5.20.